The first-order valence-electron chi connectivity index (χ1n) is 17.5. The van der Waals surface area contributed by atoms with Gasteiger partial charge in [-0.05, 0) is 25.0 Å². The van der Waals surface area contributed by atoms with Crippen molar-refractivity contribution in [3.8, 4) is 0 Å². The molecule has 20 heteroatoms. The third-order valence-corrected chi connectivity index (χ3v) is 8.41. The lowest BCUT2D eigenvalue weighted by molar-refractivity contribution is -0.765. The van der Waals surface area contributed by atoms with Gasteiger partial charge in [-0.25, -0.2) is 0 Å². The van der Waals surface area contributed by atoms with E-state index in [0.717, 1.165) is 27.7 Å². The van der Waals surface area contributed by atoms with Crippen molar-refractivity contribution in [3.63, 3.8) is 0 Å². The second-order valence-corrected chi connectivity index (χ2v) is 12.8. The highest BCUT2D eigenvalue weighted by Crippen LogP contribution is 2.33. The van der Waals surface area contributed by atoms with Crippen molar-refractivity contribution < 1.29 is 85.4 Å². The van der Waals surface area contributed by atoms with E-state index < -0.39 is 110 Å². The number of ether oxygens (including phenoxy) is 8. The number of carbonyl (C=O) groups excluding carboxylic acids is 8. The molecule has 2 saturated heterocycles. The smallest absolute Gasteiger partial charge is 0.305 e. The molecule has 0 saturated carbocycles. The topological polar surface area (TPSA) is 270 Å². The van der Waals surface area contributed by atoms with Gasteiger partial charge in [0.2, 0.25) is 12.2 Å². The van der Waals surface area contributed by atoms with Crippen molar-refractivity contribution in [3.05, 3.63) is 60.2 Å². The van der Waals surface area contributed by atoms with Crippen molar-refractivity contribution in [1.82, 2.24) is 0 Å². The van der Waals surface area contributed by atoms with Crippen LogP contribution in [0, 0.1) is 0 Å². The number of primary amides is 2. The van der Waals surface area contributed by atoms with E-state index in [1.807, 2.05) is 0 Å². The molecule has 2 fully saturated rings. The third-order valence-electron chi connectivity index (χ3n) is 8.41. The highest BCUT2D eigenvalue weighted by molar-refractivity contribution is 5.92. The number of aromatic nitrogens is 2. The van der Waals surface area contributed by atoms with Crippen LogP contribution in [-0.4, -0.2) is 97.5 Å². The number of esters is 6. The fraction of sp³-hybridized carbons (Fsp3) is 0.500. The monoisotopic (exact) mass is 788 g/mol. The highest BCUT2D eigenvalue weighted by atomic mass is 16.7. The molecule has 2 aromatic rings. The normalized spacial score (nSPS) is 24.0. The second-order valence-electron chi connectivity index (χ2n) is 12.8. The zero-order chi connectivity index (χ0) is 41.1. The summed E-state index contributed by atoms with van der Waals surface area (Å²) in [7, 11) is 0. The number of hydrogen-bond acceptors (Lipinski definition) is 16. The number of nitrogens with two attached hydrogens (primary N) is 2. The lowest BCUT2D eigenvalue weighted by Gasteiger charge is -2.21. The van der Waals surface area contributed by atoms with Crippen LogP contribution in [0.3, 0.4) is 0 Å². The predicted octanol–water partition coefficient (Wildman–Crippen LogP) is -0.672. The Kier molecular flexibility index (Phi) is 14.9. The number of unbranched alkanes of at least 4 members (excludes halogenated alkanes) is 1. The first kappa shape index (κ1) is 42.7. The zero-order valence-corrected chi connectivity index (χ0v) is 31.1. The Labute approximate surface area is 320 Å². The molecule has 0 spiro atoms. The Morgan fingerprint density at radius 2 is 0.911 bits per heavy atom. The van der Waals surface area contributed by atoms with Crippen LogP contribution in [-0.2, 0) is 66.7 Å². The van der Waals surface area contributed by atoms with Gasteiger partial charge in [0.25, 0.3) is 11.8 Å². The van der Waals surface area contributed by atoms with Gasteiger partial charge in [0.15, 0.2) is 37.0 Å². The minimum atomic E-state index is -1.18. The number of nitrogens with zero attached hydrogens (tertiary/aromatic N) is 2. The van der Waals surface area contributed by atoms with Gasteiger partial charge in [0.1, 0.15) is 36.5 Å². The Bertz CT molecular complexity index is 1690. The van der Waals surface area contributed by atoms with E-state index in [0.29, 0.717) is 0 Å². The van der Waals surface area contributed by atoms with E-state index in [2.05, 4.69) is 0 Å². The summed E-state index contributed by atoms with van der Waals surface area (Å²) in [6.45, 7) is 3.82. The highest BCUT2D eigenvalue weighted by Gasteiger charge is 2.56. The second kappa shape index (κ2) is 19.5. The van der Waals surface area contributed by atoms with Crippen molar-refractivity contribution in [2.75, 3.05) is 13.2 Å². The van der Waals surface area contributed by atoms with Gasteiger partial charge in [-0.1, -0.05) is 0 Å². The van der Waals surface area contributed by atoms with Crippen LogP contribution in [0.25, 0.3) is 0 Å². The average molecular weight is 789 g/mol. The Morgan fingerprint density at radius 3 is 1.23 bits per heavy atom. The summed E-state index contributed by atoms with van der Waals surface area (Å²) in [4.78, 5) is 96.8. The van der Waals surface area contributed by atoms with Gasteiger partial charge in [0, 0.05) is 52.7 Å². The first-order valence-corrected chi connectivity index (χ1v) is 17.5. The van der Waals surface area contributed by atoms with Crippen molar-refractivity contribution in [1.29, 1.82) is 0 Å². The molecule has 2 aromatic heterocycles. The molecule has 0 radical (unpaired) electrons. The van der Waals surface area contributed by atoms with Crippen LogP contribution in [0.15, 0.2) is 49.1 Å². The first-order chi connectivity index (χ1) is 26.5. The van der Waals surface area contributed by atoms with Gasteiger partial charge in [0.05, 0.1) is 0 Å². The molecule has 0 aromatic carbocycles. The van der Waals surface area contributed by atoms with E-state index in [1.165, 1.54) is 58.2 Å². The molecular formula is C36H44N4O16+2. The van der Waals surface area contributed by atoms with E-state index in [1.54, 1.807) is 0 Å². The van der Waals surface area contributed by atoms with Gasteiger partial charge in [-0.3, -0.25) is 38.4 Å². The predicted molar refractivity (Wildman–Crippen MR) is 181 cm³/mol. The van der Waals surface area contributed by atoms with E-state index in [4.69, 9.17) is 49.4 Å². The summed E-state index contributed by atoms with van der Waals surface area (Å²) in [5, 5.41) is 0. The van der Waals surface area contributed by atoms with Crippen molar-refractivity contribution >= 4 is 47.6 Å². The zero-order valence-electron chi connectivity index (χ0n) is 31.1. The van der Waals surface area contributed by atoms with E-state index in [-0.39, 0.29) is 36.8 Å². The average Bonchev–Trinajstić information content (AvgIpc) is 3.63. The van der Waals surface area contributed by atoms with E-state index >= 15 is 0 Å². The summed E-state index contributed by atoms with van der Waals surface area (Å²) in [6.07, 6.45) is -3.05. The van der Waals surface area contributed by atoms with Gasteiger partial charge >= 0.3 is 48.3 Å². The van der Waals surface area contributed by atoms with Crippen LogP contribution in [0.2, 0.25) is 0 Å². The molecule has 8 atom stereocenters. The van der Waals surface area contributed by atoms with Crippen molar-refractivity contribution in [2.24, 2.45) is 11.5 Å². The molecule has 2 aliphatic rings. The fourth-order valence-electron chi connectivity index (χ4n) is 6.09. The molecule has 4 heterocycles. The number of carbonyl (C=O) groups is 8. The van der Waals surface area contributed by atoms with Gasteiger partial charge in [-0.15, -0.1) is 0 Å². The third kappa shape index (κ3) is 11.7. The van der Waals surface area contributed by atoms with Crippen LogP contribution in [0.1, 0.15) is 86.6 Å². The Balaban J connectivity index is 1.30. The SMILES string of the molecule is CC(=O)O[C@@H]1[C@H](OC(C)=O)[C@@H](COC(=O)CCCCC(=O)OC[C@H]2O[C@@H]([n+]3cccc(C(N)=O)c3)[C@H](OC(C)=O)[C@@H]2OC(C)=O)O[C@H]1[n+]1cccc(C(N)=O)c1. The lowest BCUT2D eigenvalue weighted by atomic mass is 10.1. The number of amides is 2. The van der Waals surface area contributed by atoms with Gasteiger partial charge in [-0.2, -0.15) is 9.13 Å². The molecule has 4 N–H and O–H groups in total. The number of rotatable bonds is 17. The van der Waals surface area contributed by atoms with Gasteiger partial charge < -0.3 is 49.4 Å². The Hall–Kier alpha value is -6.02. The van der Waals surface area contributed by atoms with Crippen LogP contribution >= 0.6 is 0 Å². The van der Waals surface area contributed by atoms with Crippen LogP contribution in [0.4, 0.5) is 0 Å². The Morgan fingerprint density at radius 1 is 0.571 bits per heavy atom. The van der Waals surface area contributed by atoms with Crippen molar-refractivity contribution in [2.45, 2.75) is 102 Å². The summed E-state index contributed by atoms with van der Waals surface area (Å²) in [5.41, 5.74) is 11.1. The number of hydrogen-bond donors (Lipinski definition) is 2. The standard InChI is InChI=1S/C36H42N4O16/c1-19(41)51-29-25(55-35(31(29)53-21(3)43)39-13-7-9-23(15-39)33(37)47)17-49-27(45)11-5-6-12-28(46)50-18-26-30(52-20(2)42)32(54-22(4)44)36(56-26)40-14-8-10-24(16-40)34(38)48/h7-10,13-16,25-26,29-32,35-36H,5-6,11-12,17-18H2,1-4H3,(H2-2,37,38,47,48)/p+2/t25-,26-,29-,30-,31-,32-,35-,36-/m1/s1. The largest absolute Gasteiger partial charge is 0.463 e. The van der Waals surface area contributed by atoms with Crippen LogP contribution < -0.4 is 20.6 Å². The molecular weight excluding hydrogens is 744 g/mol. The molecule has 302 valence electrons. The molecule has 0 aliphatic carbocycles. The molecule has 2 amide bonds. The molecule has 0 unspecified atom stereocenters. The van der Waals surface area contributed by atoms with E-state index in [9.17, 15) is 38.4 Å². The minimum absolute atomic E-state index is 0.113. The summed E-state index contributed by atoms with van der Waals surface area (Å²) >= 11 is 0. The quantitative estimate of drug-likeness (QED) is 0.0871. The molecule has 20 nitrogen and oxygen atoms in total. The maximum atomic E-state index is 12.7. The maximum Gasteiger partial charge on any atom is 0.305 e. The minimum Gasteiger partial charge on any atom is -0.463 e. The molecule has 0 bridgehead atoms. The molecule has 2 aliphatic heterocycles. The summed E-state index contributed by atoms with van der Waals surface area (Å²) in [5.74, 6) is -5.60. The summed E-state index contributed by atoms with van der Waals surface area (Å²) < 4.78 is 47.4. The summed E-state index contributed by atoms with van der Waals surface area (Å²) in [6, 6.07) is 5.97. The maximum absolute atomic E-state index is 12.7. The molecule has 56 heavy (non-hydrogen) atoms. The van der Waals surface area contributed by atoms with Crippen LogP contribution in [0.5, 0.6) is 0 Å². The number of pyridine rings is 2. The lowest BCUT2D eigenvalue weighted by Crippen LogP contribution is -2.48. The molecule has 4 rings (SSSR count). The fourth-order valence-corrected chi connectivity index (χ4v) is 6.09.